The van der Waals surface area contributed by atoms with Gasteiger partial charge in [0, 0.05) is 23.0 Å². The molecule has 126 valence electrons. The number of aromatic hydroxyl groups is 1. The molecule has 3 heteroatoms. The minimum absolute atomic E-state index is 0.0844. The number of pyridine rings is 1. The minimum atomic E-state index is 0.0844. The van der Waals surface area contributed by atoms with E-state index in [9.17, 15) is 5.11 Å². The number of nitrogens with zero attached hydrogens (tertiary/aromatic N) is 2. The van der Waals surface area contributed by atoms with Crippen molar-refractivity contribution in [3.05, 3.63) is 65.9 Å². The maximum Gasteiger partial charge on any atom is 0.137 e. The molecule has 0 atom stereocenters. The van der Waals surface area contributed by atoms with Crippen LogP contribution in [0.25, 0.3) is 27.6 Å². The Labute approximate surface area is 147 Å². The van der Waals surface area contributed by atoms with Gasteiger partial charge in [0.2, 0.25) is 0 Å². The average molecular weight is 330 g/mol. The summed E-state index contributed by atoms with van der Waals surface area (Å²) in [5.74, 6) is 1.13. The summed E-state index contributed by atoms with van der Waals surface area (Å²) >= 11 is 0. The summed E-state index contributed by atoms with van der Waals surface area (Å²) in [5, 5.41) is 12.3. The number of aromatic nitrogens is 2. The van der Waals surface area contributed by atoms with Gasteiger partial charge in [-0.2, -0.15) is 0 Å². The Balaban J connectivity index is 2.14. The number of phenolic OH excluding ortho intramolecular Hbond substituents is 1. The van der Waals surface area contributed by atoms with E-state index in [0.717, 1.165) is 27.8 Å². The second-order valence-electron chi connectivity index (χ2n) is 7.71. The van der Waals surface area contributed by atoms with Gasteiger partial charge in [-0.05, 0) is 59.9 Å². The van der Waals surface area contributed by atoms with Crippen LogP contribution < -0.4 is 0 Å². The fourth-order valence-electron chi connectivity index (χ4n) is 3.37. The molecule has 2 aromatic heterocycles. The van der Waals surface area contributed by atoms with Crippen molar-refractivity contribution in [1.82, 2.24) is 9.55 Å². The first-order chi connectivity index (χ1) is 11.8. The molecular weight excluding hydrogens is 308 g/mol. The predicted molar refractivity (Wildman–Crippen MR) is 104 cm³/mol. The average Bonchev–Trinajstić information content (AvgIpc) is 2.86. The predicted octanol–water partition coefficient (Wildman–Crippen LogP) is 5.49. The van der Waals surface area contributed by atoms with E-state index in [4.69, 9.17) is 0 Å². The fourth-order valence-corrected chi connectivity index (χ4v) is 3.37. The van der Waals surface area contributed by atoms with E-state index in [0.29, 0.717) is 0 Å². The van der Waals surface area contributed by atoms with E-state index in [-0.39, 0.29) is 11.2 Å². The molecule has 0 aliphatic heterocycles. The van der Waals surface area contributed by atoms with Crippen LogP contribution in [-0.2, 0) is 5.41 Å². The van der Waals surface area contributed by atoms with Gasteiger partial charge in [0.1, 0.15) is 11.6 Å². The van der Waals surface area contributed by atoms with Crippen LogP contribution in [0.1, 0.15) is 31.9 Å². The van der Waals surface area contributed by atoms with E-state index >= 15 is 0 Å². The summed E-state index contributed by atoms with van der Waals surface area (Å²) in [6, 6.07) is 16.2. The van der Waals surface area contributed by atoms with Crippen LogP contribution in [0.2, 0.25) is 0 Å². The van der Waals surface area contributed by atoms with Gasteiger partial charge in [0.05, 0.1) is 11.0 Å². The molecule has 2 heterocycles. The molecule has 0 unspecified atom stereocenters. The maximum atomic E-state index is 10.0. The lowest BCUT2D eigenvalue weighted by Crippen LogP contribution is -2.10. The first-order valence-electron chi connectivity index (χ1n) is 8.55. The molecule has 4 aromatic rings. The zero-order chi connectivity index (χ0) is 17.8. The van der Waals surface area contributed by atoms with Crippen LogP contribution in [0.15, 0.2) is 54.7 Å². The van der Waals surface area contributed by atoms with Crippen LogP contribution in [0.5, 0.6) is 5.75 Å². The summed E-state index contributed by atoms with van der Waals surface area (Å²) in [7, 11) is 0. The Morgan fingerprint density at radius 3 is 2.40 bits per heavy atom. The lowest BCUT2D eigenvalue weighted by molar-refractivity contribution is 0.476. The highest BCUT2D eigenvalue weighted by Gasteiger charge is 2.18. The van der Waals surface area contributed by atoms with Gasteiger partial charge in [-0.1, -0.05) is 26.8 Å². The largest absolute Gasteiger partial charge is 0.508 e. The number of aryl methyl sites for hydroxylation is 1. The number of fused-ring (bicyclic) bond motifs is 3. The number of benzene rings is 2. The molecule has 3 nitrogen and oxygen atoms in total. The molecule has 0 spiro atoms. The first-order valence-corrected chi connectivity index (χ1v) is 8.55. The second-order valence-corrected chi connectivity index (χ2v) is 7.71. The molecule has 25 heavy (non-hydrogen) atoms. The van der Waals surface area contributed by atoms with Gasteiger partial charge in [-0.3, -0.25) is 4.57 Å². The molecule has 1 N–H and O–H groups in total. The van der Waals surface area contributed by atoms with Gasteiger partial charge < -0.3 is 5.11 Å². The molecule has 0 aliphatic rings. The van der Waals surface area contributed by atoms with Crippen molar-refractivity contribution in [2.45, 2.75) is 33.1 Å². The zero-order valence-electron chi connectivity index (χ0n) is 15.0. The molecular formula is C22H22N2O. The van der Waals surface area contributed by atoms with E-state index in [1.54, 1.807) is 6.07 Å². The maximum absolute atomic E-state index is 10.0. The standard InChI is InChI=1S/C22H22N2O/c1-14-9-10-23-21(11-14)24-19-8-5-15(22(2,3)4)12-18(19)17-7-6-16(25)13-20(17)24/h5-13,25H,1-4H3. The zero-order valence-corrected chi connectivity index (χ0v) is 15.0. The van der Waals surface area contributed by atoms with Crippen molar-refractivity contribution in [2.24, 2.45) is 0 Å². The van der Waals surface area contributed by atoms with Crippen molar-refractivity contribution in [1.29, 1.82) is 0 Å². The summed E-state index contributed by atoms with van der Waals surface area (Å²) in [6.07, 6.45) is 1.83. The van der Waals surface area contributed by atoms with Crippen molar-refractivity contribution in [3.63, 3.8) is 0 Å². The van der Waals surface area contributed by atoms with Gasteiger partial charge >= 0.3 is 0 Å². The van der Waals surface area contributed by atoms with Crippen LogP contribution in [0, 0.1) is 6.92 Å². The molecule has 0 aliphatic carbocycles. The Bertz CT molecular complexity index is 1100. The quantitative estimate of drug-likeness (QED) is 0.501. The lowest BCUT2D eigenvalue weighted by Gasteiger charge is -2.19. The number of hydrogen-bond donors (Lipinski definition) is 1. The van der Waals surface area contributed by atoms with E-state index < -0.39 is 0 Å². The van der Waals surface area contributed by atoms with Gasteiger partial charge in [0.25, 0.3) is 0 Å². The second kappa shape index (κ2) is 5.35. The van der Waals surface area contributed by atoms with Crippen LogP contribution in [0.3, 0.4) is 0 Å². The fraction of sp³-hybridized carbons (Fsp3) is 0.227. The molecule has 2 aromatic carbocycles. The summed E-state index contributed by atoms with van der Waals surface area (Å²) in [5.41, 5.74) is 4.61. The SMILES string of the molecule is Cc1ccnc(-n2c3ccc(C(C)(C)C)cc3c3ccc(O)cc32)c1. The first kappa shape index (κ1) is 15.7. The van der Waals surface area contributed by atoms with Crippen molar-refractivity contribution in [3.8, 4) is 11.6 Å². The third kappa shape index (κ3) is 2.56. The third-order valence-corrected chi connectivity index (χ3v) is 4.75. The summed E-state index contributed by atoms with van der Waals surface area (Å²) in [6.45, 7) is 8.73. The van der Waals surface area contributed by atoms with E-state index in [2.05, 4.69) is 61.5 Å². The molecule has 0 bridgehead atoms. The number of phenols is 1. The van der Waals surface area contributed by atoms with Gasteiger partial charge in [-0.25, -0.2) is 4.98 Å². The third-order valence-electron chi connectivity index (χ3n) is 4.75. The highest BCUT2D eigenvalue weighted by Crippen LogP contribution is 2.36. The normalized spacial score (nSPS) is 12.2. The van der Waals surface area contributed by atoms with E-state index in [1.807, 2.05) is 24.4 Å². The molecule has 4 rings (SSSR count). The molecule has 0 saturated heterocycles. The van der Waals surface area contributed by atoms with Crippen molar-refractivity contribution < 1.29 is 5.11 Å². The Kier molecular flexibility index (Phi) is 3.36. The van der Waals surface area contributed by atoms with Crippen LogP contribution >= 0.6 is 0 Å². The monoisotopic (exact) mass is 330 g/mol. The molecule has 0 saturated carbocycles. The molecule has 0 fully saturated rings. The van der Waals surface area contributed by atoms with E-state index in [1.165, 1.54) is 10.9 Å². The smallest absolute Gasteiger partial charge is 0.137 e. The minimum Gasteiger partial charge on any atom is -0.508 e. The van der Waals surface area contributed by atoms with Crippen molar-refractivity contribution >= 4 is 21.8 Å². The van der Waals surface area contributed by atoms with Crippen molar-refractivity contribution in [2.75, 3.05) is 0 Å². The summed E-state index contributed by atoms with van der Waals surface area (Å²) < 4.78 is 2.13. The summed E-state index contributed by atoms with van der Waals surface area (Å²) in [4.78, 5) is 4.56. The molecule has 0 radical (unpaired) electrons. The number of rotatable bonds is 1. The lowest BCUT2D eigenvalue weighted by atomic mass is 9.86. The molecule has 0 amide bonds. The highest BCUT2D eigenvalue weighted by atomic mass is 16.3. The Morgan fingerprint density at radius 1 is 0.880 bits per heavy atom. The topological polar surface area (TPSA) is 38.0 Å². The Hall–Kier alpha value is -2.81. The number of hydrogen-bond acceptors (Lipinski definition) is 2. The van der Waals surface area contributed by atoms with Gasteiger partial charge in [-0.15, -0.1) is 0 Å². The van der Waals surface area contributed by atoms with Crippen LogP contribution in [0.4, 0.5) is 0 Å². The van der Waals surface area contributed by atoms with Crippen LogP contribution in [-0.4, -0.2) is 14.7 Å². The van der Waals surface area contributed by atoms with Gasteiger partial charge in [0.15, 0.2) is 0 Å². The Morgan fingerprint density at radius 2 is 1.68 bits per heavy atom. The highest BCUT2D eigenvalue weighted by molar-refractivity contribution is 6.09.